The highest BCUT2D eigenvalue weighted by atomic mass is 35.5. The van der Waals surface area contributed by atoms with Crippen LogP contribution in [0.2, 0.25) is 5.02 Å². The lowest BCUT2D eigenvalue weighted by Crippen LogP contribution is -2.24. The maximum atomic E-state index is 12.0. The highest BCUT2D eigenvalue weighted by molar-refractivity contribution is 8.00. The second-order valence-electron chi connectivity index (χ2n) is 8.59. The lowest BCUT2D eigenvalue weighted by molar-refractivity contribution is -0.155. The molecule has 1 aromatic heterocycles. The van der Waals surface area contributed by atoms with E-state index in [0.29, 0.717) is 11.7 Å². The summed E-state index contributed by atoms with van der Waals surface area (Å²) in [5.41, 5.74) is 4.19. The van der Waals surface area contributed by atoms with Gasteiger partial charge in [0, 0.05) is 22.7 Å². The Balaban J connectivity index is 1.37. The van der Waals surface area contributed by atoms with Crippen LogP contribution in [-0.2, 0) is 17.8 Å². The number of para-hydroxylation sites is 1. The van der Waals surface area contributed by atoms with Gasteiger partial charge >= 0.3 is 0 Å². The molecule has 186 valence electrons. The number of benzene rings is 3. The number of fused-ring (bicyclic) bond motifs is 1. The first-order valence-electron chi connectivity index (χ1n) is 11.9. The Kier molecular flexibility index (Phi) is 9.23. The molecule has 4 rings (SSSR count). The van der Waals surface area contributed by atoms with Crippen molar-refractivity contribution in [1.82, 2.24) is 10.0 Å². The number of amides is 1. The largest absolute Gasteiger partial charge is 0.487 e. The number of aromatic nitrogens is 1. The highest BCUT2D eigenvalue weighted by Crippen LogP contribution is 2.35. The van der Waals surface area contributed by atoms with Crippen LogP contribution in [0.25, 0.3) is 10.9 Å². The molecule has 1 amide bonds. The number of hydrogen-bond acceptors (Lipinski definition) is 5. The molecule has 0 saturated heterocycles. The third kappa shape index (κ3) is 7.47. The van der Waals surface area contributed by atoms with Crippen molar-refractivity contribution in [1.29, 1.82) is 0 Å². The van der Waals surface area contributed by atoms with Crippen LogP contribution in [0.5, 0.6) is 5.75 Å². The number of ether oxygens (including phenoxy) is 1. The van der Waals surface area contributed by atoms with Crippen LogP contribution < -0.4 is 4.74 Å². The van der Waals surface area contributed by atoms with Gasteiger partial charge in [-0.05, 0) is 66.8 Å². The standard InChI is InChI=1S/C29H29ClN2O3S/c1-32(34)29(33)20-36-28(8-4-5-21-9-14-24(30)15-10-21)23-12-17-26(18-13-23)35-19-25-16-11-22-6-2-3-7-27(22)31-25/h2-3,6-7,9-18,28,34H,4-5,8,19-20H2,1H3. The van der Waals surface area contributed by atoms with Crippen LogP contribution in [-0.4, -0.2) is 34.0 Å². The van der Waals surface area contributed by atoms with E-state index in [1.54, 1.807) is 11.8 Å². The van der Waals surface area contributed by atoms with E-state index >= 15 is 0 Å². The molecule has 0 aliphatic heterocycles. The second kappa shape index (κ2) is 12.8. The zero-order valence-corrected chi connectivity index (χ0v) is 21.7. The molecule has 4 aromatic rings. The van der Waals surface area contributed by atoms with E-state index in [1.807, 2.05) is 66.7 Å². The molecule has 0 aliphatic rings. The topological polar surface area (TPSA) is 62.7 Å². The van der Waals surface area contributed by atoms with Crippen LogP contribution in [0.3, 0.4) is 0 Å². The number of hydroxylamine groups is 2. The predicted molar refractivity (Wildman–Crippen MR) is 147 cm³/mol. The molecule has 5 nitrogen and oxygen atoms in total. The number of thioether (sulfide) groups is 1. The Bertz CT molecular complexity index is 1280. The molecule has 1 unspecified atom stereocenters. The molecule has 1 atom stereocenters. The van der Waals surface area contributed by atoms with Gasteiger partial charge in [-0.25, -0.2) is 10.0 Å². The Hall–Kier alpha value is -3.06. The number of aryl methyl sites for hydroxylation is 1. The number of carbonyl (C=O) groups is 1. The summed E-state index contributed by atoms with van der Waals surface area (Å²) in [7, 11) is 1.36. The minimum Gasteiger partial charge on any atom is -0.487 e. The van der Waals surface area contributed by atoms with Crippen molar-refractivity contribution in [3.8, 4) is 5.75 Å². The Labute approximate surface area is 221 Å². The van der Waals surface area contributed by atoms with Gasteiger partial charge in [-0.2, -0.15) is 0 Å². The number of carbonyl (C=O) groups excluding carboxylic acids is 1. The maximum Gasteiger partial charge on any atom is 0.255 e. The Morgan fingerprint density at radius 3 is 2.53 bits per heavy atom. The van der Waals surface area contributed by atoms with Gasteiger partial charge in [-0.3, -0.25) is 10.0 Å². The molecule has 0 bridgehead atoms. The molecule has 0 fully saturated rings. The van der Waals surface area contributed by atoms with Gasteiger partial charge < -0.3 is 4.74 Å². The Morgan fingerprint density at radius 2 is 1.78 bits per heavy atom. The summed E-state index contributed by atoms with van der Waals surface area (Å²) in [6.45, 7) is 0.390. The first-order chi connectivity index (χ1) is 17.5. The third-order valence-electron chi connectivity index (χ3n) is 5.91. The SMILES string of the molecule is CN(O)C(=O)CSC(CCCc1ccc(Cl)cc1)c1ccc(OCc2ccc3ccccc3n2)cc1. The number of pyridine rings is 1. The van der Waals surface area contributed by atoms with Crippen molar-refractivity contribution in [3.63, 3.8) is 0 Å². The van der Waals surface area contributed by atoms with Crippen LogP contribution in [0.1, 0.15) is 34.9 Å². The van der Waals surface area contributed by atoms with Crippen LogP contribution in [0.4, 0.5) is 0 Å². The fourth-order valence-electron chi connectivity index (χ4n) is 3.88. The molecule has 7 heteroatoms. The molecular formula is C29H29ClN2O3S. The molecule has 3 aromatic carbocycles. The molecule has 1 heterocycles. The maximum absolute atomic E-state index is 12.0. The van der Waals surface area contributed by atoms with Gasteiger partial charge in [0.2, 0.25) is 0 Å². The molecule has 0 aliphatic carbocycles. The van der Waals surface area contributed by atoms with Crippen molar-refractivity contribution in [3.05, 3.63) is 107 Å². The molecule has 0 saturated carbocycles. The Morgan fingerprint density at radius 1 is 1.03 bits per heavy atom. The third-order valence-corrected chi connectivity index (χ3v) is 7.48. The molecule has 0 spiro atoms. The average molecular weight is 521 g/mol. The van der Waals surface area contributed by atoms with Crippen LogP contribution in [0.15, 0.2) is 84.9 Å². The van der Waals surface area contributed by atoms with Crippen LogP contribution in [0, 0.1) is 0 Å². The zero-order valence-electron chi connectivity index (χ0n) is 20.1. The first kappa shape index (κ1) is 26.0. The van der Waals surface area contributed by atoms with E-state index in [9.17, 15) is 10.0 Å². The molecular weight excluding hydrogens is 492 g/mol. The summed E-state index contributed by atoms with van der Waals surface area (Å²) in [6.07, 6.45) is 2.80. The van der Waals surface area contributed by atoms with E-state index in [1.165, 1.54) is 12.6 Å². The lowest BCUT2D eigenvalue weighted by atomic mass is 10.0. The van der Waals surface area contributed by atoms with Gasteiger partial charge in [0.25, 0.3) is 5.91 Å². The summed E-state index contributed by atoms with van der Waals surface area (Å²) in [6, 6.07) is 28.0. The fourth-order valence-corrected chi connectivity index (χ4v) is 5.22. The minimum absolute atomic E-state index is 0.123. The first-order valence-corrected chi connectivity index (χ1v) is 13.3. The van der Waals surface area contributed by atoms with E-state index in [2.05, 4.69) is 23.2 Å². The van der Waals surface area contributed by atoms with Gasteiger partial charge in [-0.1, -0.05) is 60.1 Å². The number of nitrogens with zero attached hydrogens (tertiary/aromatic N) is 2. The fraction of sp³-hybridized carbons (Fsp3) is 0.241. The number of hydrogen-bond donors (Lipinski definition) is 1. The van der Waals surface area contributed by atoms with Gasteiger partial charge in [0.15, 0.2) is 0 Å². The van der Waals surface area contributed by atoms with Gasteiger partial charge in [0.1, 0.15) is 12.4 Å². The lowest BCUT2D eigenvalue weighted by Gasteiger charge is -2.18. The summed E-state index contributed by atoms with van der Waals surface area (Å²) in [5.74, 6) is 0.667. The summed E-state index contributed by atoms with van der Waals surface area (Å²) >= 11 is 7.54. The number of halogens is 1. The van der Waals surface area contributed by atoms with E-state index in [4.69, 9.17) is 16.3 Å². The average Bonchev–Trinajstić information content (AvgIpc) is 2.90. The normalized spacial score (nSPS) is 11.9. The van der Waals surface area contributed by atoms with Crippen molar-refractivity contribution in [2.75, 3.05) is 12.8 Å². The smallest absolute Gasteiger partial charge is 0.255 e. The van der Waals surface area contributed by atoms with Crippen molar-refractivity contribution in [2.45, 2.75) is 31.1 Å². The van der Waals surface area contributed by atoms with E-state index in [0.717, 1.165) is 52.2 Å². The van der Waals surface area contributed by atoms with Gasteiger partial charge in [0.05, 0.1) is 17.0 Å². The predicted octanol–water partition coefficient (Wildman–Crippen LogP) is 7.11. The van der Waals surface area contributed by atoms with E-state index in [-0.39, 0.29) is 16.9 Å². The molecule has 36 heavy (non-hydrogen) atoms. The van der Waals surface area contributed by atoms with Crippen molar-refractivity contribution >= 4 is 40.2 Å². The molecule has 1 N–H and O–H groups in total. The van der Waals surface area contributed by atoms with Gasteiger partial charge in [-0.15, -0.1) is 11.8 Å². The number of rotatable bonds is 11. The van der Waals surface area contributed by atoms with E-state index < -0.39 is 0 Å². The quantitative estimate of drug-likeness (QED) is 0.168. The monoisotopic (exact) mass is 520 g/mol. The zero-order chi connectivity index (χ0) is 25.3. The highest BCUT2D eigenvalue weighted by Gasteiger charge is 2.16. The van der Waals surface area contributed by atoms with Crippen molar-refractivity contribution in [2.24, 2.45) is 0 Å². The summed E-state index contributed by atoms with van der Waals surface area (Å²) in [5, 5.41) is 12.0. The molecule has 0 radical (unpaired) electrons. The van der Waals surface area contributed by atoms with Crippen molar-refractivity contribution < 1.29 is 14.7 Å². The minimum atomic E-state index is -0.314. The second-order valence-corrected chi connectivity index (χ2v) is 10.2. The van der Waals surface area contributed by atoms with Crippen LogP contribution >= 0.6 is 23.4 Å². The summed E-state index contributed by atoms with van der Waals surface area (Å²) < 4.78 is 5.98. The summed E-state index contributed by atoms with van der Waals surface area (Å²) in [4.78, 5) is 16.6.